The number of piperidine rings is 1. The second-order valence-corrected chi connectivity index (χ2v) is 11.3. The molecule has 2 aromatic heterocycles. The summed E-state index contributed by atoms with van der Waals surface area (Å²) >= 11 is 3.03. The first-order valence-electron chi connectivity index (χ1n) is 11.6. The maximum absolute atomic E-state index is 12.7. The number of thioether (sulfide) groups is 1. The molecule has 1 unspecified atom stereocenters. The van der Waals surface area contributed by atoms with Crippen LogP contribution in [-0.2, 0) is 23.6 Å². The normalized spacial score (nSPS) is 15.6. The number of nitrogens with zero attached hydrogens (tertiary/aromatic N) is 2. The van der Waals surface area contributed by atoms with E-state index in [0.29, 0.717) is 23.5 Å². The predicted octanol–water partition coefficient (Wildman–Crippen LogP) is 4.53. The third-order valence-corrected chi connectivity index (χ3v) is 8.60. The largest absolute Gasteiger partial charge is 0.351 e. The highest BCUT2D eigenvalue weighted by atomic mass is 32.2. The number of amides is 1. The summed E-state index contributed by atoms with van der Waals surface area (Å²) in [6.45, 7) is 9.64. The Hall–Kier alpha value is -2.16. The molecule has 4 rings (SSSR count). The van der Waals surface area contributed by atoms with Crippen molar-refractivity contribution >= 4 is 39.2 Å². The molecule has 1 fully saturated rings. The zero-order valence-corrected chi connectivity index (χ0v) is 21.2. The summed E-state index contributed by atoms with van der Waals surface area (Å²) in [5.41, 5.74) is 3.36. The number of hydrogen-bond donors (Lipinski definition) is 2. The first kappa shape index (κ1) is 24.0. The van der Waals surface area contributed by atoms with Crippen molar-refractivity contribution in [2.75, 3.05) is 13.1 Å². The molecule has 0 bridgehead atoms. The van der Waals surface area contributed by atoms with Crippen molar-refractivity contribution in [3.05, 3.63) is 62.0 Å². The zero-order valence-electron chi connectivity index (χ0n) is 19.6. The van der Waals surface area contributed by atoms with E-state index in [-0.39, 0.29) is 16.7 Å². The minimum atomic E-state index is -0.243. The van der Waals surface area contributed by atoms with Gasteiger partial charge in [-0.25, -0.2) is 4.98 Å². The number of hydrogen-bond acceptors (Lipinski definition) is 6. The Morgan fingerprint density at radius 1 is 1.21 bits per heavy atom. The van der Waals surface area contributed by atoms with E-state index in [1.54, 1.807) is 11.3 Å². The van der Waals surface area contributed by atoms with E-state index in [2.05, 4.69) is 38.4 Å². The van der Waals surface area contributed by atoms with E-state index < -0.39 is 0 Å². The van der Waals surface area contributed by atoms with E-state index in [9.17, 15) is 9.59 Å². The molecule has 33 heavy (non-hydrogen) atoms. The van der Waals surface area contributed by atoms with Gasteiger partial charge in [0.05, 0.1) is 16.4 Å². The third-order valence-electron chi connectivity index (χ3n) is 6.34. The van der Waals surface area contributed by atoms with Crippen LogP contribution < -0.4 is 10.9 Å². The Morgan fingerprint density at radius 3 is 2.70 bits per heavy atom. The summed E-state index contributed by atoms with van der Waals surface area (Å²) < 4.78 is 0. The average Bonchev–Trinajstić information content (AvgIpc) is 3.11. The summed E-state index contributed by atoms with van der Waals surface area (Å²) in [4.78, 5) is 37.1. The molecule has 1 amide bonds. The number of aromatic amines is 1. The first-order chi connectivity index (χ1) is 15.9. The number of aromatic nitrogens is 2. The van der Waals surface area contributed by atoms with Crippen LogP contribution in [0.4, 0.5) is 0 Å². The second-order valence-electron chi connectivity index (χ2n) is 8.75. The molecule has 1 saturated heterocycles. The molecule has 1 aliphatic rings. The van der Waals surface area contributed by atoms with Crippen molar-refractivity contribution in [2.45, 2.75) is 64.1 Å². The van der Waals surface area contributed by atoms with Gasteiger partial charge in [0.15, 0.2) is 0 Å². The predicted molar refractivity (Wildman–Crippen MR) is 138 cm³/mol. The van der Waals surface area contributed by atoms with Gasteiger partial charge in [0.2, 0.25) is 5.91 Å². The highest BCUT2D eigenvalue weighted by Gasteiger charge is 2.17. The number of aryl methyl sites for hydroxylation is 2. The molecule has 3 heterocycles. The smallest absolute Gasteiger partial charge is 0.259 e. The number of likely N-dealkylation sites (tertiary alicyclic amines) is 1. The van der Waals surface area contributed by atoms with Crippen LogP contribution in [0.1, 0.15) is 53.6 Å². The van der Waals surface area contributed by atoms with E-state index >= 15 is 0 Å². The number of carbonyl (C=O) groups excluding carboxylic acids is 1. The van der Waals surface area contributed by atoms with Crippen molar-refractivity contribution in [3.8, 4) is 0 Å². The molecule has 176 valence electrons. The lowest BCUT2D eigenvalue weighted by atomic mass is 10.0. The van der Waals surface area contributed by atoms with Gasteiger partial charge in [-0.15, -0.1) is 23.1 Å². The minimum absolute atomic E-state index is 0.000914. The van der Waals surface area contributed by atoms with Crippen molar-refractivity contribution in [3.63, 3.8) is 0 Å². The Morgan fingerprint density at radius 2 is 1.94 bits per heavy atom. The molecule has 0 spiro atoms. The third kappa shape index (κ3) is 5.86. The maximum Gasteiger partial charge on any atom is 0.259 e. The fourth-order valence-corrected chi connectivity index (χ4v) is 6.04. The molecular formula is C25H32N4O2S2. The van der Waals surface area contributed by atoms with E-state index in [4.69, 9.17) is 0 Å². The van der Waals surface area contributed by atoms with Crippen LogP contribution >= 0.6 is 23.1 Å². The standard InChI is InChI=1S/C25H32N4O2S2/c1-16-17(2)33-25-22(16)24(31)27-21(28-25)15-32-18(3)23(30)26-13-19-9-5-6-10-20(19)14-29-11-7-4-8-12-29/h5-6,9-10,18H,4,7-8,11-15H2,1-3H3,(H,26,30)(H,27,28,31). The summed E-state index contributed by atoms with van der Waals surface area (Å²) in [5, 5.41) is 3.53. The number of fused-ring (bicyclic) bond motifs is 1. The lowest BCUT2D eigenvalue weighted by Crippen LogP contribution is -2.32. The molecule has 3 aromatic rings. The summed E-state index contributed by atoms with van der Waals surface area (Å²) in [7, 11) is 0. The number of nitrogens with one attached hydrogen (secondary N) is 2. The summed E-state index contributed by atoms with van der Waals surface area (Å²) in [6, 6.07) is 8.38. The van der Waals surface area contributed by atoms with Crippen LogP contribution in [-0.4, -0.2) is 39.1 Å². The van der Waals surface area contributed by atoms with Crippen LogP contribution in [0.3, 0.4) is 0 Å². The first-order valence-corrected chi connectivity index (χ1v) is 13.5. The second kappa shape index (κ2) is 10.8. The van der Waals surface area contributed by atoms with Crippen molar-refractivity contribution < 1.29 is 4.79 Å². The summed E-state index contributed by atoms with van der Waals surface area (Å²) in [6.07, 6.45) is 3.87. The quantitative estimate of drug-likeness (QED) is 0.491. The number of H-pyrrole nitrogens is 1. The highest BCUT2D eigenvalue weighted by Crippen LogP contribution is 2.26. The molecular weight excluding hydrogens is 452 g/mol. The monoisotopic (exact) mass is 484 g/mol. The Balaban J connectivity index is 1.32. The molecule has 2 N–H and O–H groups in total. The molecule has 0 saturated carbocycles. The maximum atomic E-state index is 12.7. The lowest BCUT2D eigenvalue weighted by Gasteiger charge is -2.27. The zero-order chi connectivity index (χ0) is 23.4. The fraction of sp³-hybridized carbons (Fsp3) is 0.480. The van der Waals surface area contributed by atoms with E-state index in [0.717, 1.165) is 34.9 Å². The van der Waals surface area contributed by atoms with Gasteiger partial charge < -0.3 is 10.3 Å². The Labute approximate surface area is 203 Å². The van der Waals surface area contributed by atoms with Crippen LogP contribution in [0.5, 0.6) is 0 Å². The SMILES string of the molecule is Cc1sc2nc(CSC(C)C(=O)NCc3ccccc3CN3CCCCC3)[nH]c(=O)c2c1C. The van der Waals surface area contributed by atoms with Gasteiger partial charge in [0.1, 0.15) is 10.7 Å². The molecule has 1 atom stereocenters. The highest BCUT2D eigenvalue weighted by molar-refractivity contribution is 7.99. The molecule has 0 aliphatic carbocycles. The average molecular weight is 485 g/mol. The van der Waals surface area contributed by atoms with Crippen LogP contribution in [0.2, 0.25) is 0 Å². The van der Waals surface area contributed by atoms with E-state index in [1.165, 1.54) is 42.2 Å². The van der Waals surface area contributed by atoms with Gasteiger partial charge in [-0.3, -0.25) is 14.5 Å². The molecule has 1 aliphatic heterocycles. The molecule has 8 heteroatoms. The van der Waals surface area contributed by atoms with Crippen LogP contribution in [0.15, 0.2) is 29.1 Å². The van der Waals surface area contributed by atoms with E-state index in [1.807, 2.05) is 26.8 Å². The number of rotatable bonds is 8. The summed E-state index contributed by atoms with van der Waals surface area (Å²) in [5.74, 6) is 1.10. The Kier molecular flexibility index (Phi) is 7.88. The molecule has 6 nitrogen and oxygen atoms in total. The van der Waals surface area contributed by atoms with Crippen LogP contribution in [0.25, 0.3) is 10.2 Å². The van der Waals surface area contributed by atoms with Gasteiger partial charge in [0.25, 0.3) is 5.56 Å². The lowest BCUT2D eigenvalue weighted by molar-refractivity contribution is -0.120. The number of benzene rings is 1. The fourth-order valence-electron chi connectivity index (χ4n) is 4.22. The topological polar surface area (TPSA) is 78.1 Å². The van der Waals surface area contributed by atoms with Gasteiger partial charge in [-0.2, -0.15) is 0 Å². The van der Waals surface area contributed by atoms with Gasteiger partial charge in [-0.1, -0.05) is 30.7 Å². The van der Waals surface area contributed by atoms with Gasteiger partial charge in [-0.05, 0) is 63.4 Å². The van der Waals surface area contributed by atoms with Gasteiger partial charge in [0, 0.05) is 18.0 Å². The molecule has 0 radical (unpaired) electrons. The van der Waals surface area contributed by atoms with Crippen molar-refractivity contribution in [1.29, 1.82) is 0 Å². The van der Waals surface area contributed by atoms with Crippen molar-refractivity contribution in [1.82, 2.24) is 20.2 Å². The van der Waals surface area contributed by atoms with Crippen LogP contribution in [0, 0.1) is 13.8 Å². The van der Waals surface area contributed by atoms with Crippen molar-refractivity contribution in [2.24, 2.45) is 0 Å². The minimum Gasteiger partial charge on any atom is -0.351 e. The molecule has 1 aromatic carbocycles. The Bertz CT molecular complexity index is 1180. The number of carbonyl (C=O) groups is 1. The number of thiophene rings is 1. The van der Waals surface area contributed by atoms with Gasteiger partial charge >= 0.3 is 0 Å².